The van der Waals surface area contributed by atoms with E-state index >= 15 is 0 Å². The first-order chi connectivity index (χ1) is 37.4. The van der Waals surface area contributed by atoms with E-state index in [1.807, 2.05) is 91.0 Å². The van der Waals surface area contributed by atoms with E-state index in [9.17, 15) is 17.7 Å². The molecule has 6 aromatic heterocycles. The molecule has 17 heteroatoms. The van der Waals surface area contributed by atoms with Crippen molar-refractivity contribution in [1.29, 1.82) is 0 Å². The number of halogens is 3. The molecule has 0 radical (unpaired) electrons. The minimum Gasteiger partial charge on any atom is -0.263 e. The normalized spacial score (nSPS) is 11.9. The molecule has 0 N–H and O–H groups in total. The highest BCUT2D eigenvalue weighted by molar-refractivity contribution is 7.48. The van der Waals surface area contributed by atoms with Crippen LogP contribution in [0.3, 0.4) is 0 Å². The van der Waals surface area contributed by atoms with Crippen molar-refractivity contribution >= 4 is 40.5 Å². The maximum atomic E-state index is 14.9. The van der Waals surface area contributed by atoms with Gasteiger partial charge in [0, 0.05) is 86.7 Å². The molecule has 0 aliphatic heterocycles. The van der Waals surface area contributed by atoms with Gasteiger partial charge >= 0.3 is 7.82 Å². The first kappa shape index (κ1) is 49.0. The molecule has 6 heterocycles. The van der Waals surface area contributed by atoms with Crippen LogP contribution in [0.25, 0.3) is 99.9 Å². The summed E-state index contributed by atoms with van der Waals surface area (Å²) in [7, 11) is -4.45. The summed E-state index contributed by atoms with van der Waals surface area (Å²) in [6.07, 6.45) is 10.4. The monoisotopic (exact) mass is 1040 g/mol. The molecule has 0 fully saturated rings. The fourth-order valence-electron chi connectivity index (χ4n) is 9.41. The minimum absolute atomic E-state index is 0.288. The van der Waals surface area contributed by atoms with E-state index in [0.29, 0.717) is 50.3 Å². The number of pyridine rings is 3. The van der Waals surface area contributed by atoms with Crippen molar-refractivity contribution in [3.05, 3.63) is 217 Å². The number of hydrogen-bond acceptors (Lipinski definition) is 10. The van der Waals surface area contributed by atoms with Gasteiger partial charge in [-0.1, -0.05) is 36.4 Å². The maximum Gasteiger partial charge on any atom is 0.480 e. The van der Waals surface area contributed by atoms with E-state index in [2.05, 4.69) is 15.0 Å². The first-order valence-corrected chi connectivity index (χ1v) is 26.0. The van der Waals surface area contributed by atoms with E-state index in [1.54, 1.807) is 94.4 Å². The van der Waals surface area contributed by atoms with Crippen molar-refractivity contribution in [2.24, 2.45) is 0 Å². The Hall–Kier alpha value is -8.92. The van der Waals surface area contributed by atoms with Crippen molar-refractivity contribution in [2.45, 2.75) is 41.0 Å². The molecule has 380 valence electrons. The van der Waals surface area contributed by atoms with Crippen LogP contribution in [0.1, 0.15) is 16.7 Å². The standard InChI is InChI=1S/C60H45F3N9O4P/c1-37-25-43(10-16-52(37)61)58-49(7-4-22-64-58)40-13-19-55-46(28-40)31-70(67-55)34-74-77(73,75-35-71-32-47-29-41(14-20-56(47)68-71)50-8-5-23-65-59(50)44-11-17-53(62)38(2)26-44)76-36-72-33-48-30-42(15-21-57(48)69-72)51-9-6-24-66-60(51)45-12-18-54(63)39(3)27-45/h4-33H,34-36H2,1-3H3. The van der Waals surface area contributed by atoms with Gasteiger partial charge < -0.3 is 0 Å². The summed E-state index contributed by atoms with van der Waals surface area (Å²) in [5.41, 5.74) is 13.1. The topological polar surface area (TPSA) is 137 Å². The molecule has 0 saturated heterocycles. The molecule has 0 bridgehead atoms. The van der Waals surface area contributed by atoms with Crippen LogP contribution in [0.4, 0.5) is 13.2 Å². The van der Waals surface area contributed by atoms with Crippen LogP contribution in [0, 0.1) is 38.2 Å². The van der Waals surface area contributed by atoms with Crippen LogP contribution < -0.4 is 0 Å². The van der Waals surface area contributed by atoms with Gasteiger partial charge in [-0.2, -0.15) is 15.3 Å². The highest BCUT2D eigenvalue weighted by Gasteiger charge is 2.29. The molecule has 13 nitrogen and oxygen atoms in total. The number of benzene rings is 6. The lowest BCUT2D eigenvalue weighted by atomic mass is 9.97. The number of rotatable bonds is 15. The zero-order valence-electron chi connectivity index (χ0n) is 41.7. The Balaban J connectivity index is 0.817. The van der Waals surface area contributed by atoms with Crippen molar-refractivity contribution in [3.8, 4) is 67.2 Å². The number of phosphoric acid groups is 1. The molecule has 6 aromatic carbocycles. The summed E-state index contributed by atoms with van der Waals surface area (Å²) in [6, 6.07) is 43.6. The summed E-state index contributed by atoms with van der Waals surface area (Å²) < 4.78 is 80.3. The van der Waals surface area contributed by atoms with Gasteiger partial charge in [0.2, 0.25) is 0 Å². The van der Waals surface area contributed by atoms with Gasteiger partial charge in [-0.25, -0.2) is 31.8 Å². The second-order valence-corrected chi connectivity index (χ2v) is 20.3. The SMILES string of the molecule is Cc1cc(-c2ncccc2-c2ccc3nn(COP(=O)(OCn4cc5cc(-c6cccnc6-c6ccc(F)c(C)c6)ccc5n4)OCn4cc5cc(-c6cccnc6-c6ccc(F)c(C)c6)ccc5n4)cc3c2)ccc1F. The molecule has 12 rings (SSSR count). The van der Waals surface area contributed by atoms with Gasteiger partial charge in [-0.15, -0.1) is 0 Å². The van der Waals surface area contributed by atoms with Gasteiger partial charge in [0.25, 0.3) is 0 Å². The third-order valence-electron chi connectivity index (χ3n) is 13.4. The summed E-state index contributed by atoms with van der Waals surface area (Å²) in [5, 5.41) is 16.4. The smallest absolute Gasteiger partial charge is 0.263 e. The molecule has 0 spiro atoms. The van der Waals surface area contributed by atoms with Crippen LogP contribution in [0.2, 0.25) is 0 Å². The second kappa shape index (κ2) is 20.3. The maximum absolute atomic E-state index is 14.9. The number of nitrogens with zero attached hydrogens (tertiary/aromatic N) is 9. The second-order valence-electron chi connectivity index (χ2n) is 18.6. The van der Waals surface area contributed by atoms with Crippen molar-refractivity contribution < 1.29 is 31.3 Å². The molecule has 0 aliphatic carbocycles. The van der Waals surface area contributed by atoms with E-state index in [0.717, 1.165) is 66.2 Å². The molecule has 77 heavy (non-hydrogen) atoms. The lowest BCUT2D eigenvalue weighted by Gasteiger charge is -2.18. The van der Waals surface area contributed by atoms with E-state index in [4.69, 9.17) is 28.9 Å². The van der Waals surface area contributed by atoms with Crippen LogP contribution in [0.15, 0.2) is 183 Å². The zero-order valence-corrected chi connectivity index (χ0v) is 42.6. The third-order valence-corrected chi connectivity index (χ3v) is 14.6. The first-order valence-electron chi connectivity index (χ1n) is 24.5. The van der Waals surface area contributed by atoms with Crippen LogP contribution in [-0.4, -0.2) is 44.3 Å². The van der Waals surface area contributed by atoms with Gasteiger partial charge in [0.15, 0.2) is 20.2 Å². The Morgan fingerprint density at radius 3 is 1.00 bits per heavy atom. The molecular weight excluding hydrogens is 999 g/mol. The fourth-order valence-corrected chi connectivity index (χ4v) is 10.4. The lowest BCUT2D eigenvalue weighted by molar-refractivity contribution is 0.0462. The van der Waals surface area contributed by atoms with Gasteiger partial charge in [0.1, 0.15) is 17.5 Å². The summed E-state index contributed by atoms with van der Waals surface area (Å²) in [4.78, 5) is 14.0. The molecule has 0 atom stereocenters. The van der Waals surface area contributed by atoms with Gasteiger partial charge in [-0.3, -0.25) is 28.5 Å². The number of aromatic nitrogens is 9. The summed E-state index contributed by atoms with van der Waals surface area (Å²) >= 11 is 0. The number of phosphoric ester groups is 1. The zero-order chi connectivity index (χ0) is 52.8. The van der Waals surface area contributed by atoms with Crippen molar-refractivity contribution in [1.82, 2.24) is 44.3 Å². The Kier molecular flexibility index (Phi) is 12.9. The Bertz CT molecular complexity index is 3860. The van der Waals surface area contributed by atoms with Crippen LogP contribution >= 0.6 is 7.82 Å². The molecular formula is C60H45F3N9O4P. The summed E-state index contributed by atoms with van der Waals surface area (Å²) in [6.45, 7) is 4.22. The average Bonchev–Trinajstić information content (AvgIpc) is 4.22. The van der Waals surface area contributed by atoms with Crippen molar-refractivity contribution in [3.63, 3.8) is 0 Å². The predicted octanol–water partition coefficient (Wildman–Crippen LogP) is 14.7. The van der Waals surface area contributed by atoms with Gasteiger partial charge in [0.05, 0.1) is 33.6 Å². The summed E-state index contributed by atoms with van der Waals surface area (Å²) in [5.74, 6) is -0.865. The number of hydrogen-bond donors (Lipinski definition) is 0. The molecule has 0 unspecified atom stereocenters. The third kappa shape index (κ3) is 10.1. The molecule has 0 saturated carbocycles. The highest BCUT2D eigenvalue weighted by atomic mass is 31.2. The lowest BCUT2D eigenvalue weighted by Crippen LogP contribution is -2.10. The Labute approximate surface area is 439 Å². The van der Waals surface area contributed by atoms with E-state index in [-0.39, 0.29) is 37.6 Å². The highest BCUT2D eigenvalue weighted by Crippen LogP contribution is 2.51. The number of fused-ring (bicyclic) bond motifs is 3. The minimum atomic E-state index is -4.45. The Morgan fingerprint density at radius 2 is 0.701 bits per heavy atom. The van der Waals surface area contributed by atoms with Gasteiger partial charge in [-0.05, 0) is 163 Å². The molecule has 0 aliphatic rings. The molecule has 12 aromatic rings. The van der Waals surface area contributed by atoms with Crippen LogP contribution in [-0.2, 0) is 38.3 Å². The average molecular weight is 1040 g/mol. The fraction of sp³-hybridized carbons (Fsp3) is 0.100. The van der Waals surface area contributed by atoms with E-state index in [1.165, 1.54) is 32.2 Å². The molecule has 0 amide bonds. The Morgan fingerprint density at radius 1 is 0.403 bits per heavy atom. The van der Waals surface area contributed by atoms with Crippen LogP contribution in [0.5, 0.6) is 0 Å². The largest absolute Gasteiger partial charge is 0.480 e. The quantitative estimate of drug-likeness (QED) is 0.0913. The van der Waals surface area contributed by atoms with Crippen molar-refractivity contribution in [2.75, 3.05) is 0 Å². The predicted molar refractivity (Wildman–Crippen MR) is 290 cm³/mol. The number of aryl methyl sites for hydroxylation is 3. The van der Waals surface area contributed by atoms with E-state index < -0.39 is 7.82 Å².